The number of pyridine rings is 2. The number of hydrogen-bond donors (Lipinski definition) is 0. The van der Waals surface area contributed by atoms with Crippen LogP contribution < -0.4 is 0 Å². The van der Waals surface area contributed by atoms with Crippen LogP contribution in [0.4, 0.5) is 0 Å². The first kappa shape index (κ1) is 16.9. The molecule has 0 spiro atoms. The predicted octanol–water partition coefficient (Wildman–Crippen LogP) is 5.72. The normalized spacial score (nSPS) is 10.4. The Morgan fingerprint density at radius 2 is 1.60 bits per heavy atom. The Balaban J connectivity index is 0.000000200. The van der Waals surface area contributed by atoms with Gasteiger partial charge in [0.2, 0.25) is 0 Å². The second-order valence-corrected chi connectivity index (χ2v) is 5.99. The molecule has 108 valence electrons. The Bertz CT molecular complexity index is 540. The van der Waals surface area contributed by atoms with E-state index in [1.54, 1.807) is 12.4 Å². The first-order valence-corrected chi connectivity index (χ1v) is 7.37. The molecule has 0 radical (unpaired) electrons. The summed E-state index contributed by atoms with van der Waals surface area (Å²) in [5.41, 5.74) is 2.30. The molecule has 0 aliphatic heterocycles. The van der Waals surface area contributed by atoms with E-state index in [1.807, 2.05) is 24.5 Å². The van der Waals surface area contributed by atoms with Gasteiger partial charge in [0.05, 0.1) is 5.02 Å². The second kappa shape index (κ2) is 8.23. The summed E-state index contributed by atoms with van der Waals surface area (Å²) in [6, 6.07) is 3.76. The first-order chi connectivity index (χ1) is 9.41. The molecule has 2 aromatic rings. The van der Waals surface area contributed by atoms with Crippen LogP contribution in [0.2, 0.25) is 10.0 Å². The zero-order valence-corrected chi connectivity index (χ0v) is 13.8. The fraction of sp³-hybridized carbons (Fsp3) is 0.375. The van der Waals surface area contributed by atoms with Crippen LogP contribution in [0.1, 0.15) is 50.7 Å². The zero-order valence-electron chi connectivity index (χ0n) is 12.3. The number of aromatic nitrogens is 2. The fourth-order valence-electron chi connectivity index (χ4n) is 1.56. The molecule has 0 bridgehead atoms. The summed E-state index contributed by atoms with van der Waals surface area (Å²) in [6.07, 6.45) is 7.01. The highest BCUT2D eigenvalue weighted by atomic mass is 35.5. The maximum Gasteiger partial charge on any atom is 0.0592 e. The third-order valence-corrected chi connectivity index (χ3v) is 3.36. The molecule has 0 amide bonds. The SMILES string of the molecule is CC(C)c1cncc(Cl)c1.CC(C)c1cnccc1Cl. The molecule has 4 heteroatoms. The molecule has 0 saturated carbocycles. The Labute approximate surface area is 131 Å². The summed E-state index contributed by atoms with van der Waals surface area (Å²) in [4.78, 5) is 7.96. The summed E-state index contributed by atoms with van der Waals surface area (Å²) in [7, 11) is 0. The summed E-state index contributed by atoms with van der Waals surface area (Å²) >= 11 is 11.6. The minimum absolute atomic E-state index is 0.459. The van der Waals surface area contributed by atoms with Crippen molar-refractivity contribution in [3.63, 3.8) is 0 Å². The maximum atomic E-state index is 5.88. The lowest BCUT2D eigenvalue weighted by Crippen LogP contribution is -1.88. The van der Waals surface area contributed by atoms with Gasteiger partial charge in [-0.1, -0.05) is 50.9 Å². The van der Waals surface area contributed by atoms with Crippen LogP contribution in [0.3, 0.4) is 0 Å². The molecule has 20 heavy (non-hydrogen) atoms. The Kier molecular flexibility index (Phi) is 6.97. The maximum absolute atomic E-state index is 5.88. The van der Waals surface area contributed by atoms with E-state index in [4.69, 9.17) is 23.2 Å². The monoisotopic (exact) mass is 310 g/mol. The van der Waals surface area contributed by atoms with Crippen molar-refractivity contribution in [3.05, 3.63) is 58.1 Å². The molecular formula is C16H20Cl2N2. The number of rotatable bonds is 2. The van der Waals surface area contributed by atoms with Crippen molar-refractivity contribution in [3.8, 4) is 0 Å². The van der Waals surface area contributed by atoms with Crippen LogP contribution in [-0.4, -0.2) is 9.97 Å². The van der Waals surface area contributed by atoms with Crippen LogP contribution in [0.25, 0.3) is 0 Å². The third-order valence-electron chi connectivity index (χ3n) is 2.81. The van der Waals surface area contributed by atoms with Crippen molar-refractivity contribution in [2.45, 2.75) is 39.5 Å². The van der Waals surface area contributed by atoms with Crippen molar-refractivity contribution in [2.24, 2.45) is 0 Å². The van der Waals surface area contributed by atoms with Gasteiger partial charge in [-0.05, 0) is 35.1 Å². The number of halogens is 2. The van der Waals surface area contributed by atoms with Gasteiger partial charge in [0.15, 0.2) is 0 Å². The molecule has 0 fully saturated rings. The van der Waals surface area contributed by atoms with Gasteiger partial charge in [-0.2, -0.15) is 0 Å². The van der Waals surface area contributed by atoms with E-state index in [-0.39, 0.29) is 0 Å². The lowest BCUT2D eigenvalue weighted by molar-refractivity contribution is 0.858. The number of hydrogen-bond acceptors (Lipinski definition) is 2. The van der Waals surface area contributed by atoms with E-state index in [0.717, 1.165) is 10.6 Å². The predicted molar refractivity (Wildman–Crippen MR) is 86.7 cm³/mol. The Morgan fingerprint density at radius 1 is 0.900 bits per heavy atom. The average Bonchev–Trinajstić information content (AvgIpc) is 2.39. The minimum atomic E-state index is 0.459. The molecular weight excluding hydrogens is 291 g/mol. The Hall–Kier alpha value is -1.12. The summed E-state index contributed by atoms with van der Waals surface area (Å²) in [5, 5.41) is 1.52. The number of nitrogens with zero attached hydrogens (tertiary/aromatic N) is 2. The molecule has 2 nitrogen and oxygen atoms in total. The van der Waals surface area contributed by atoms with Gasteiger partial charge in [-0.25, -0.2) is 0 Å². The molecule has 2 rings (SSSR count). The van der Waals surface area contributed by atoms with Crippen LogP contribution in [0, 0.1) is 0 Å². The second-order valence-electron chi connectivity index (χ2n) is 5.14. The van der Waals surface area contributed by atoms with Crippen LogP contribution in [0.15, 0.2) is 36.9 Å². The quantitative estimate of drug-likeness (QED) is 0.709. The molecule has 0 aliphatic carbocycles. The minimum Gasteiger partial charge on any atom is -0.264 e. The molecule has 0 atom stereocenters. The summed E-state index contributed by atoms with van der Waals surface area (Å²) in [5.74, 6) is 0.965. The molecule has 0 saturated heterocycles. The van der Waals surface area contributed by atoms with Crippen molar-refractivity contribution in [1.29, 1.82) is 0 Å². The van der Waals surface area contributed by atoms with E-state index < -0.39 is 0 Å². The average molecular weight is 311 g/mol. The van der Waals surface area contributed by atoms with Crippen molar-refractivity contribution >= 4 is 23.2 Å². The standard InChI is InChI=1S/2C8H10ClN/c1-6(2)7-3-8(9)5-10-4-7;1-6(2)7-5-10-4-3-8(7)9/h2*3-6H,1-2H3. The van der Waals surface area contributed by atoms with E-state index in [2.05, 4.69) is 37.7 Å². The van der Waals surface area contributed by atoms with E-state index in [1.165, 1.54) is 5.56 Å². The molecule has 0 aromatic carbocycles. The van der Waals surface area contributed by atoms with Gasteiger partial charge in [0.25, 0.3) is 0 Å². The van der Waals surface area contributed by atoms with Crippen LogP contribution in [0.5, 0.6) is 0 Å². The van der Waals surface area contributed by atoms with Gasteiger partial charge in [-0.15, -0.1) is 0 Å². The van der Waals surface area contributed by atoms with Gasteiger partial charge in [-0.3, -0.25) is 9.97 Å². The molecule has 2 heterocycles. The highest BCUT2D eigenvalue weighted by Gasteiger charge is 2.02. The van der Waals surface area contributed by atoms with E-state index in [9.17, 15) is 0 Å². The Morgan fingerprint density at radius 3 is 2.00 bits per heavy atom. The lowest BCUT2D eigenvalue weighted by Gasteiger charge is -2.04. The third kappa shape index (κ3) is 5.48. The zero-order chi connectivity index (χ0) is 15.1. The fourth-order valence-corrected chi connectivity index (χ4v) is 2.06. The van der Waals surface area contributed by atoms with Gasteiger partial charge in [0, 0.05) is 29.8 Å². The largest absolute Gasteiger partial charge is 0.264 e. The van der Waals surface area contributed by atoms with Gasteiger partial charge in [0.1, 0.15) is 0 Å². The van der Waals surface area contributed by atoms with Crippen molar-refractivity contribution in [1.82, 2.24) is 9.97 Å². The van der Waals surface area contributed by atoms with E-state index in [0.29, 0.717) is 16.9 Å². The topological polar surface area (TPSA) is 25.8 Å². The van der Waals surface area contributed by atoms with Crippen LogP contribution >= 0.6 is 23.2 Å². The molecule has 0 aliphatic rings. The van der Waals surface area contributed by atoms with Crippen molar-refractivity contribution < 1.29 is 0 Å². The molecule has 0 N–H and O–H groups in total. The van der Waals surface area contributed by atoms with E-state index >= 15 is 0 Å². The van der Waals surface area contributed by atoms with Gasteiger partial charge >= 0.3 is 0 Å². The molecule has 2 aromatic heterocycles. The highest BCUT2D eigenvalue weighted by molar-refractivity contribution is 6.31. The summed E-state index contributed by atoms with van der Waals surface area (Å²) in [6.45, 7) is 8.44. The first-order valence-electron chi connectivity index (χ1n) is 6.61. The molecule has 0 unspecified atom stereocenters. The highest BCUT2D eigenvalue weighted by Crippen LogP contribution is 2.21. The van der Waals surface area contributed by atoms with Gasteiger partial charge < -0.3 is 0 Å². The smallest absolute Gasteiger partial charge is 0.0592 e. The summed E-state index contributed by atoms with van der Waals surface area (Å²) < 4.78 is 0. The lowest BCUT2D eigenvalue weighted by atomic mass is 10.1. The van der Waals surface area contributed by atoms with Crippen molar-refractivity contribution in [2.75, 3.05) is 0 Å². The van der Waals surface area contributed by atoms with Crippen LogP contribution in [-0.2, 0) is 0 Å².